The largest absolute Gasteiger partial charge is 3.00 e. The van der Waals surface area contributed by atoms with Crippen LogP contribution in [0.1, 0.15) is 0 Å². The van der Waals surface area contributed by atoms with Crippen molar-refractivity contribution in [2.45, 2.75) is 0 Å². The molecule has 0 fully saturated rings. The van der Waals surface area contributed by atoms with Gasteiger partial charge >= 0.3 is 17.4 Å². The van der Waals surface area contributed by atoms with Gasteiger partial charge in [0, 0.05) is 0 Å². The van der Waals surface area contributed by atoms with Gasteiger partial charge in [-0.1, -0.05) is 0 Å². The van der Waals surface area contributed by atoms with Crippen LogP contribution in [0.5, 0.6) is 0 Å². The van der Waals surface area contributed by atoms with Gasteiger partial charge in [0.1, 0.15) is 0 Å². The van der Waals surface area contributed by atoms with Crippen LogP contribution >= 0.6 is 0 Å². The molecule has 3 nitrogen and oxygen atoms in total. The Morgan fingerprint density at radius 2 is 0.571 bits per heavy atom. The van der Waals surface area contributed by atoms with Gasteiger partial charge in [-0.3, -0.25) is 0 Å². The quantitative estimate of drug-likeness (QED) is 0.284. The monoisotopic (exact) mass is 108 g/mol. The fourth-order valence-corrected chi connectivity index (χ4v) is 0. The molecule has 6 N–H and O–H groups in total. The number of rotatable bonds is 0. The Morgan fingerprint density at radius 1 is 0.571 bits per heavy atom. The van der Waals surface area contributed by atoms with Crippen molar-refractivity contribution in [3.05, 3.63) is 0 Å². The summed E-state index contributed by atoms with van der Waals surface area (Å²) in [7, 11) is 12.0. The minimum atomic E-state index is 0. The Balaban J connectivity index is -0.00000000900. The van der Waals surface area contributed by atoms with Crippen LogP contribution in [0, 0.1) is 0 Å². The van der Waals surface area contributed by atoms with Crippen molar-refractivity contribution in [3.8, 4) is 0 Å². The van der Waals surface area contributed by atoms with Gasteiger partial charge in [0.25, 0.3) is 0 Å². The molecule has 0 saturated heterocycles. The van der Waals surface area contributed by atoms with E-state index in [0.717, 1.165) is 0 Å². The van der Waals surface area contributed by atoms with Crippen molar-refractivity contribution in [1.29, 1.82) is 0 Å². The summed E-state index contributed by atoms with van der Waals surface area (Å²) in [5.74, 6) is 0. The second-order valence-electron chi connectivity index (χ2n) is 0. The SMILES string of the molecule is [Al+3].[B-]N.[B-]N.[B-]N. The smallest absolute Gasteiger partial charge is 0.605 e. The first-order chi connectivity index (χ1) is 3.00. The van der Waals surface area contributed by atoms with Crippen LogP contribution in [0.2, 0.25) is 0 Å². The predicted octanol–water partition coefficient (Wildman–Crippen LogP) is -3.29. The molecule has 0 aromatic heterocycles. The summed E-state index contributed by atoms with van der Waals surface area (Å²) in [6, 6.07) is 0. The van der Waals surface area contributed by atoms with Gasteiger partial charge in [-0.15, -0.1) is 0 Å². The minimum absolute atomic E-state index is 0. The van der Waals surface area contributed by atoms with Crippen molar-refractivity contribution >= 4 is 41.3 Å². The van der Waals surface area contributed by atoms with E-state index in [0.29, 0.717) is 0 Å². The molecule has 0 saturated carbocycles. The Morgan fingerprint density at radius 3 is 0.571 bits per heavy atom. The van der Waals surface area contributed by atoms with Crippen molar-refractivity contribution in [1.82, 2.24) is 0 Å². The first kappa shape index (κ1) is 25.5. The molecule has 0 amide bonds. The van der Waals surface area contributed by atoms with Gasteiger partial charge in [0.15, 0.2) is 0 Å². The van der Waals surface area contributed by atoms with Crippen LogP contribution in [0.15, 0.2) is 0 Å². The maximum atomic E-state index is 4.00. The molecule has 7 heteroatoms. The summed E-state index contributed by atoms with van der Waals surface area (Å²) < 4.78 is 0. The third-order valence-electron chi connectivity index (χ3n) is 0. The van der Waals surface area contributed by atoms with E-state index in [4.69, 9.17) is 0 Å². The summed E-state index contributed by atoms with van der Waals surface area (Å²) in [5.41, 5.74) is 12.0. The van der Waals surface area contributed by atoms with E-state index in [-0.39, 0.29) is 17.4 Å². The molecule has 9 radical (unpaired) electrons. The van der Waals surface area contributed by atoms with Crippen LogP contribution in [0.4, 0.5) is 0 Å². The standard InChI is InChI=1S/Al.3BH2N/c;3*1-2/h;3*2H2/q+3;3*-1. The molecule has 0 aromatic carbocycles. The molecule has 0 aromatic rings. The van der Waals surface area contributed by atoms with E-state index in [1.807, 2.05) is 0 Å². The van der Waals surface area contributed by atoms with E-state index < -0.39 is 0 Å². The number of nitrogens with two attached hydrogens (primary N) is 3. The predicted molar refractivity (Wildman–Crippen MR) is 35.6 cm³/mol. The Bertz CT molecular complexity index is 10.1. The third kappa shape index (κ3) is 380. The normalized spacial score (nSPS) is 2.57. The summed E-state index contributed by atoms with van der Waals surface area (Å²) in [6.45, 7) is 0. The maximum Gasteiger partial charge on any atom is 3.00 e. The molecule has 0 rings (SSSR count). The molecule has 0 spiro atoms. The van der Waals surface area contributed by atoms with Gasteiger partial charge < -0.3 is 40.9 Å². The van der Waals surface area contributed by atoms with Gasteiger partial charge in [-0.05, 0) is 0 Å². The summed E-state index contributed by atoms with van der Waals surface area (Å²) >= 11 is 0. The van der Waals surface area contributed by atoms with E-state index in [1.54, 1.807) is 0 Å². The van der Waals surface area contributed by atoms with Gasteiger partial charge in [0.2, 0.25) is 0 Å². The van der Waals surface area contributed by atoms with Crippen LogP contribution in [-0.4, -0.2) is 41.3 Å². The molecular formula is H6AlB3N3. The molecule has 0 atom stereocenters. The van der Waals surface area contributed by atoms with Crippen LogP contribution in [0.3, 0.4) is 0 Å². The molecule has 7 heavy (non-hydrogen) atoms. The third-order valence-corrected chi connectivity index (χ3v) is 0. The number of hydrogen-bond acceptors (Lipinski definition) is 3. The zero-order valence-corrected chi connectivity index (χ0v) is 5.20. The zero-order chi connectivity index (χ0) is 6.00. The van der Waals surface area contributed by atoms with E-state index in [2.05, 4.69) is 40.9 Å². The summed E-state index contributed by atoms with van der Waals surface area (Å²) in [6.07, 6.45) is 0. The molecule has 0 aliphatic carbocycles. The van der Waals surface area contributed by atoms with Gasteiger partial charge in [-0.2, -0.15) is 0 Å². The Kier molecular flexibility index (Phi) is 2050. The van der Waals surface area contributed by atoms with Crippen molar-refractivity contribution in [2.75, 3.05) is 0 Å². The summed E-state index contributed by atoms with van der Waals surface area (Å²) in [4.78, 5) is 0. The zero-order valence-electron chi connectivity index (χ0n) is 4.04. The maximum absolute atomic E-state index is 4.00. The van der Waals surface area contributed by atoms with E-state index in [1.165, 1.54) is 0 Å². The van der Waals surface area contributed by atoms with Crippen LogP contribution in [-0.2, 0) is 0 Å². The van der Waals surface area contributed by atoms with E-state index >= 15 is 0 Å². The fraction of sp³-hybridized carbons (Fsp3) is 0. The van der Waals surface area contributed by atoms with Crippen molar-refractivity contribution in [3.63, 3.8) is 0 Å². The van der Waals surface area contributed by atoms with Crippen molar-refractivity contribution in [2.24, 2.45) is 16.9 Å². The first-order valence-corrected chi connectivity index (χ1v) is 1.00. The molecule has 0 heterocycles. The van der Waals surface area contributed by atoms with Crippen LogP contribution < -0.4 is 16.9 Å². The number of hydrogen-bond donors (Lipinski definition) is 3. The van der Waals surface area contributed by atoms with Crippen LogP contribution in [0.25, 0.3) is 0 Å². The minimum Gasteiger partial charge on any atom is -0.605 e. The molecule has 0 bridgehead atoms. The second kappa shape index (κ2) is 563. The molecule has 0 aliphatic rings. The average Bonchev–Trinajstić information content (AvgIpc) is 1.81. The van der Waals surface area contributed by atoms with E-state index in [9.17, 15) is 0 Å². The first-order valence-electron chi connectivity index (χ1n) is 1.00. The molecule has 0 unspecified atom stereocenters. The van der Waals surface area contributed by atoms with Gasteiger partial charge in [0.05, 0.1) is 0 Å². The molecule has 33 valence electrons. The Labute approximate surface area is 58.8 Å². The Hall–Kier alpha value is 0.607. The average molecular weight is 107 g/mol. The van der Waals surface area contributed by atoms with Crippen molar-refractivity contribution < 1.29 is 0 Å². The van der Waals surface area contributed by atoms with Gasteiger partial charge in [-0.25, -0.2) is 0 Å². The molecule has 0 aliphatic heterocycles. The fourth-order valence-electron chi connectivity index (χ4n) is 0. The topological polar surface area (TPSA) is 78.1 Å². The second-order valence-corrected chi connectivity index (χ2v) is 0. The molecular weight excluding hydrogens is 101 g/mol. The summed E-state index contributed by atoms with van der Waals surface area (Å²) in [5, 5.41) is 0.